The molecule has 0 amide bonds. The molecule has 0 bridgehead atoms. The Bertz CT molecular complexity index is 190. The van der Waals surface area contributed by atoms with E-state index in [2.05, 4.69) is 18.7 Å². The molecule has 2 heteroatoms. The Kier molecular flexibility index (Phi) is 2.85. The summed E-state index contributed by atoms with van der Waals surface area (Å²) in [6, 6.07) is 0. The molecule has 0 aromatic heterocycles. The first-order chi connectivity index (χ1) is 6.57. The van der Waals surface area contributed by atoms with Gasteiger partial charge in [0.15, 0.2) is 0 Å². The van der Waals surface area contributed by atoms with Crippen LogP contribution in [0.15, 0.2) is 0 Å². The van der Waals surface area contributed by atoms with Gasteiger partial charge in [-0.1, -0.05) is 20.3 Å². The quantitative estimate of drug-likeness (QED) is 0.730. The van der Waals surface area contributed by atoms with Crippen molar-refractivity contribution in [1.82, 2.24) is 4.90 Å². The minimum Gasteiger partial charge on any atom is -0.392 e. The van der Waals surface area contributed by atoms with Crippen LogP contribution in [0.1, 0.15) is 39.5 Å². The van der Waals surface area contributed by atoms with Crippen molar-refractivity contribution in [1.29, 1.82) is 0 Å². The van der Waals surface area contributed by atoms with Gasteiger partial charge in [-0.05, 0) is 30.6 Å². The van der Waals surface area contributed by atoms with Crippen LogP contribution in [0.25, 0.3) is 0 Å². The molecule has 2 rings (SSSR count). The number of hydrogen-bond acceptors (Lipinski definition) is 2. The molecule has 2 atom stereocenters. The summed E-state index contributed by atoms with van der Waals surface area (Å²) < 4.78 is 0. The Balaban J connectivity index is 1.84. The van der Waals surface area contributed by atoms with E-state index in [1.807, 2.05) is 0 Å². The summed E-state index contributed by atoms with van der Waals surface area (Å²) in [6.07, 6.45) is 5.08. The molecule has 1 heterocycles. The summed E-state index contributed by atoms with van der Waals surface area (Å²) in [5.74, 6) is 0.669. The predicted molar refractivity (Wildman–Crippen MR) is 58.2 cm³/mol. The lowest BCUT2D eigenvalue weighted by molar-refractivity contribution is 0.00471. The van der Waals surface area contributed by atoms with E-state index >= 15 is 0 Å². The van der Waals surface area contributed by atoms with Gasteiger partial charge in [0.1, 0.15) is 0 Å². The topological polar surface area (TPSA) is 23.5 Å². The van der Waals surface area contributed by atoms with Crippen molar-refractivity contribution < 1.29 is 5.11 Å². The van der Waals surface area contributed by atoms with Gasteiger partial charge in [-0.3, -0.25) is 4.90 Å². The highest BCUT2D eigenvalue weighted by molar-refractivity contribution is 4.88. The van der Waals surface area contributed by atoms with E-state index < -0.39 is 0 Å². The zero-order chi connectivity index (χ0) is 10.2. The minimum absolute atomic E-state index is 0.0811. The Hall–Kier alpha value is -0.0800. The van der Waals surface area contributed by atoms with Gasteiger partial charge in [0, 0.05) is 19.6 Å². The molecule has 14 heavy (non-hydrogen) atoms. The number of likely N-dealkylation sites (tertiary alicyclic amines) is 1. The third-order valence-corrected chi connectivity index (χ3v) is 3.88. The Morgan fingerprint density at radius 3 is 2.57 bits per heavy atom. The van der Waals surface area contributed by atoms with Crippen molar-refractivity contribution in [2.75, 3.05) is 19.6 Å². The molecule has 2 fully saturated rings. The van der Waals surface area contributed by atoms with Crippen LogP contribution in [0.2, 0.25) is 0 Å². The number of rotatable bonds is 2. The average molecular weight is 197 g/mol. The fourth-order valence-corrected chi connectivity index (χ4v) is 3.03. The molecule has 0 spiro atoms. The van der Waals surface area contributed by atoms with E-state index in [-0.39, 0.29) is 6.10 Å². The van der Waals surface area contributed by atoms with Gasteiger partial charge >= 0.3 is 0 Å². The number of hydrogen-bond donors (Lipinski definition) is 1. The third kappa shape index (κ3) is 2.29. The van der Waals surface area contributed by atoms with Gasteiger partial charge in [0.05, 0.1) is 6.10 Å². The lowest BCUT2D eigenvalue weighted by atomic mass is 9.70. The Morgan fingerprint density at radius 2 is 2.07 bits per heavy atom. The molecule has 1 saturated carbocycles. The van der Waals surface area contributed by atoms with Crippen molar-refractivity contribution in [2.24, 2.45) is 11.3 Å². The Morgan fingerprint density at radius 1 is 1.36 bits per heavy atom. The highest BCUT2D eigenvalue weighted by Gasteiger charge is 2.35. The maximum atomic E-state index is 9.70. The summed E-state index contributed by atoms with van der Waals surface area (Å²) in [6.45, 7) is 7.93. The molecule has 2 aliphatic rings. The van der Waals surface area contributed by atoms with E-state index in [1.165, 1.54) is 32.4 Å². The predicted octanol–water partition coefficient (Wildman–Crippen LogP) is 1.88. The lowest BCUT2D eigenvalue weighted by Crippen LogP contribution is -2.48. The SMILES string of the molecule is CC1CC(O)CN(CC2(C)CCC2)C1. The molecule has 1 saturated heterocycles. The number of aliphatic hydroxyl groups excluding tert-OH is 1. The number of piperidine rings is 1. The second kappa shape index (κ2) is 3.82. The van der Waals surface area contributed by atoms with Gasteiger partial charge in [-0.25, -0.2) is 0 Å². The van der Waals surface area contributed by atoms with E-state index in [0.29, 0.717) is 11.3 Å². The third-order valence-electron chi connectivity index (χ3n) is 3.88. The van der Waals surface area contributed by atoms with Crippen LogP contribution in [0, 0.1) is 11.3 Å². The number of β-amino-alcohol motifs (C(OH)–C–C–N with tert-alkyl or cyclic N) is 1. The van der Waals surface area contributed by atoms with Crippen LogP contribution in [-0.2, 0) is 0 Å². The molecule has 2 nitrogen and oxygen atoms in total. The first kappa shape index (κ1) is 10.4. The standard InChI is InChI=1S/C12H23NO/c1-10-6-11(14)8-13(7-10)9-12(2)4-3-5-12/h10-11,14H,3-9H2,1-2H3. The lowest BCUT2D eigenvalue weighted by Gasteiger charge is -2.45. The second-order valence-electron chi connectivity index (χ2n) is 5.85. The normalized spacial score (nSPS) is 37.9. The van der Waals surface area contributed by atoms with E-state index in [9.17, 15) is 5.11 Å². The van der Waals surface area contributed by atoms with Crippen LogP contribution in [0.3, 0.4) is 0 Å². The number of aliphatic hydroxyl groups is 1. The highest BCUT2D eigenvalue weighted by Crippen LogP contribution is 2.41. The molecule has 0 radical (unpaired) electrons. The monoisotopic (exact) mass is 197 g/mol. The van der Waals surface area contributed by atoms with Gasteiger partial charge < -0.3 is 5.11 Å². The molecule has 1 aliphatic heterocycles. The molecular weight excluding hydrogens is 174 g/mol. The van der Waals surface area contributed by atoms with Gasteiger partial charge in [-0.15, -0.1) is 0 Å². The van der Waals surface area contributed by atoms with Gasteiger partial charge in [0.25, 0.3) is 0 Å². The zero-order valence-electron chi connectivity index (χ0n) is 9.50. The van der Waals surface area contributed by atoms with Crippen LogP contribution in [0.5, 0.6) is 0 Å². The summed E-state index contributed by atoms with van der Waals surface area (Å²) >= 11 is 0. The molecule has 82 valence electrons. The fraction of sp³-hybridized carbons (Fsp3) is 1.00. The highest BCUT2D eigenvalue weighted by atomic mass is 16.3. The summed E-state index contributed by atoms with van der Waals surface area (Å²) in [5.41, 5.74) is 0.566. The van der Waals surface area contributed by atoms with Crippen LogP contribution >= 0.6 is 0 Å². The molecule has 0 aromatic rings. The van der Waals surface area contributed by atoms with Crippen molar-refractivity contribution in [3.8, 4) is 0 Å². The molecule has 1 N–H and O–H groups in total. The molecule has 2 unspecified atom stereocenters. The maximum absolute atomic E-state index is 9.70. The zero-order valence-corrected chi connectivity index (χ0v) is 9.50. The molecule has 0 aromatic carbocycles. The average Bonchev–Trinajstić information content (AvgIpc) is 1.99. The minimum atomic E-state index is -0.0811. The smallest absolute Gasteiger partial charge is 0.0670 e. The van der Waals surface area contributed by atoms with Crippen LogP contribution < -0.4 is 0 Å². The first-order valence-electron chi connectivity index (χ1n) is 5.98. The number of nitrogens with zero attached hydrogens (tertiary/aromatic N) is 1. The van der Waals surface area contributed by atoms with Crippen molar-refractivity contribution in [2.45, 2.75) is 45.6 Å². The van der Waals surface area contributed by atoms with Gasteiger partial charge in [0.2, 0.25) is 0 Å². The molecular formula is C12H23NO. The summed E-state index contributed by atoms with van der Waals surface area (Å²) in [4.78, 5) is 2.47. The van der Waals surface area contributed by atoms with Gasteiger partial charge in [-0.2, -0.15) is 0 Å². The Labute approximate surface area is 87.3 Å². The fourth-order valence-electron chi connectivity index (χ4n) is 3.03. The molecule has 1 aliphatic carbocycles. The van der Waals surface area contributed by atoms with E-state index in [1.54, 1.807) is 0 Å². The van der Waals surface area contributed by atoms with Crippen molar-refractivity contribution in [3.63, 3.8) is 0 Å². The van der Waals surface area contributed by atoms with Crippen molar-refractivity contribution >= 4 is 0 Å². The second-order valence-corrected chi connectivity index (χ2v) is 5.85. The van der Waals surface area contributed by atoms with Crippen molar-refractivity contribution in [3.05, 3.63) is 0 Å². The van der Waals surface area contributed by atoms with E-state index in [4.69, 9.17) is 0 Å². The van der Waals surface area contributed by atoms with Crippen LogP contribution in [0.4, 0.5) is 0 Å². The first-order valence-corrected chi connectivity index (χ1v) is 5.98. The van der Waals surface area contributed by atoms with Crippen LogP contribution in [-0.4, -0.2) is 35.7 Å². The summed E-state index contributed by atoms with van der Waals surface area (Å²) in [7, 11) is 0. The largest absolute Gasteiger partial charge is 0.392 e. The summed E-state index contributed by atoms with van der Waals surface area (Å²) in [5, 5.41) is 9.70. The van der Waals surface area contributed by atoms with E-state index in [0.717, 1.165) is 13.0 Å². The maximum Gasteiger partial charge on any atom is 0.0670 e.